The van der Waals surface area contributed by atoms with Crippen LogP contribution < -0.4 is 0 Å². The van der Waals surface area contributed by atoms with Crippen molar-refractivity contribution in [3.8, 4) is 0 Å². The Bertz CT molecular complexity index is 501. The first-order chi connectivity index (χ1) is 8.84. The van der Waals surface area contributed by atoms with Gasteiger partial charge < -0.3 is 0 Å². The Hall–Kier alpha value is -1.32. The maximum absolute atomic E-state index is 11.6. The molecule has 18 heavy (non-hydrogen) atoms. The quantitative estimate of drug-likeness (QED) is 0.758. The lowest BCUT2D eigenvalue weighted by Crippen LogP contribution is -1.91. The third-order valence-electron chi connectivity index (χ3n) is 2.43. The van der Waals surface area contributed by atoms with Crippen molar-refractivity contribution in [1.29, 1.82) is 0 Å². The average molecular weight is 274 g/mol. The van der Waals surface area contributed by atoms with Gasteiger partial charge in [0.25, 0.3) is 0 Å². The fourth-order valence-corrected chi connectivity index (χ4v) is 2.89. The first-order valence-corrected chi connectivity index (χ1v) is 7.68. The lowest BCUT2D eigenvalue weighted by atomic mass is 10.2. The molecule has 0 bridgehead atoms. The summed E-state index contributed by atoms with van der Waals surface area (Å²) in [6.07, 6.45) is 4.46. The first-order valence-electron chi connectivity index (χ1n) is 5.75. The maximum Gasteiger partial charge on any atom is 0.212 e. The molecule has 0 amide bonds. The van der Waals surface area contributed by atoms with Crippen LogP contribution in [-0.2, 0) is 11.2 Å². The minimum atomic E-state index is 0.120. The van der Waals surface area contributed by atoms with Gasteiger partial charge in [-0.25, -0.2) is 0 Å². The summed E-state index contributed by atoms with van der Waals surface area (Å²) in [5.74, 6) is 0.842. The van der Waals surface area contributed by atoms with E-state index in [1.807, 2.05) is 36.4 Å². The van der Waals surface area contributed by atoms with Crippen LogP contribution in [0.4, 0.5) is 0 Å². The SMILES string of the molecule is O=C(C=Cc1ccccc1)SCCc1ccsc1. The Morgan fingerprint density at radius 1 is 1.22 bits per heavy atom. The van der Waals surface area contributed by atoms with Gasteiger partial charge in [-0.3, -0.25) is 4.79 Å². The van der Waals surface area contributed by atoms with Gasteiger partial charge in [0.2, 0.25) is 5.12 Å². The fourth-order valence-electron chi connectivity index (χ4n) is 1.48. The Balaban J connectivity index is 1.74. The highest BCUT2D eigenvalue weighted by Crippen LogP contribution is 2.12. The summed E-state index contributed by atoms with van der Waals surface area (Å²) >= 11 is 3.07. The summed E-state index contributed by atoms with van der Waals surface area (Å²) in [6.45, 7) is 0. The highest BCUT2D eigenvalue weighted by molar-refractivity contribution is 8.14. The van der Waals surface area contributed by atoms with E-state index in [9.17, 15) is 4.79 Å². The van der Waals surface area contributed by atoms with Crippen LogP contribution in [0.25, 0.3) is 6.08 Å². The van der Waals surface area contributed by atoms with Crippen LogP contribution in [-0.4, -0.2) is 10.9 Å². The standard InChI is InChI=1S/C15H14OS2/c16-15(7-6-13-4-2-1-3-5-13)18-11-9-14-8-10-17-12-14/h1-8,10,12H,9,11H2. The number of rotatable bonds is 5. The number of aryl methyl sites for hydroxylation is 1. The molecule has 92 valence electrons. The van der Waals surface area contributed by atoms with Gasteiger partial charge in [0.05, 0.1) is 0 Å². The van der Waals surface area contributed by atoms with E-state index < -0.39 is 0 Å². The third kappa shape index (κ3) is 4.51. The van der Waals surface area contributed by atoms with Crippen molar-refractivity contribution >= 4 is 34.3 Å². The summed E-state index contributed by atoms with van der Waals surface area (Å²) in [5, 5.41) is 4.32. The van der Waals surface area contributed by atoms with E-state index in [4.69, 9.17) is 0 Å². The summed E-state index contributed by atoms with van der Waals surface area (Å²) in [6, 6.07) is 12.0. The van der Waals surface area contributed by atoms with Crippen molar-refractivity contribution in [1.82, 2.24) is 0 Å². The van der Waals surface area contributed by atoms with E-state index in [1.165, 1.54) is 17.3 Å². The van der Waals surface area contributed by atoms with Crippen LogP contribution in [0.3, 0.4) is 0 Å². The van der Waals surface area contributed by atoms with Crippen LogP contribution in [0, 0.1) is 0 Å². The summed E-state index contributed by atoms with van der Waals surface area (Å²) in [5.41, 5.74) is 2.37. The lowest BCUT2D eigenvalue weighted by molar-refractivity contribution is -0.106. The number of thioether (sulfide) groups is 1. The van der Waals surface area contributed by atoms with Gasteiger partial charge in [-0.2, -0.15) is 11.3 Å². The molecule has 0 saturated carbocycles. The van der Waals surface area contributed by atoms with Crippen molar-refractivity contribution in [2.45, 2.75) is 6.42 Å². The molecule has 2 rings (SSSR count). The van der Waals surface area contributed by atoms with Crippen molar-refractivity contribution in [2.75, 3.05) is 5.75 Å². The van der Waals surface area contributed by atoms with Crippen LogP contribution in [0.15, 0.2) is 53.2 Å². The molecule has 0 N–H and O–H groups in total. The molecule has 0 aliphatic carbocycles. The molecule has 0 saturated heterocycles. The number of thiophene rings is 1. The molecular formula is C15H14OS2. The van der Waals surface area contributed by atoms with Gasteiger partial charge in [0.15, 0.2) is 0 Å². The second-order valence-corrected chi connectivity index (χ2v) is 5.67. The predicted molar refractivity (Wildman–Crippen MR) is 81.0 cm³/mol. The van der Waals surface area contributed by atoms with E-state index in [0.29, 0.717) is 0 Å². The molecular weight excluding hydrogens is 260 g/mol. The predicted octanol–water partition coefficient (Wildman–Crippen LogP) is 4.26. The molecule has 0 aliphatic rings. The van der Waals surface area contributed by atoms with Crippen LogP contribution in [0.5, 0.6) is 0 Å². The summed E-state index contributed by atoms with van der Waals surface area (Å²) < 4.78 is 0. The van der Waals surface area contributed by atoms with Gasteiger partial charge in [-0.15, -0.1) is 0 Å². The number of hydrogen-bond acceptors (Lipinski definition) is 3. The smallest absolute Gasteiger partial charge is 0.212 e. The van der Waals surface area contributed by atoms with Crippen molar-refractivity contribution in [3.63, 3.8) is 0 Å². The molecule has 0 fully saturated rings. The van der Waals surface area contributed by atoms with Crippen molar-refractivity contribution in [2.24, 2.45) is 0 Å². The van der Waals surface area contributed by atoms with E-state index in [2.05, 4.69) is 16.8 Å². The summed E-state index contributed by atoms with van der Waals surface area (Å²) in [7, 11) is 0. The average Bonchev–Trinajstić information content (AvgIpc) is 2.91. The number of carbonyl (C=O) groups excluding carboxylic acids is 1. The fraction of sp³-hybridized carbons (Fsp3) is 0.133. The van der Waals surface area contributed by atoms with E-state index in [1.54, 1.807) is 17.4 Å². The Labute approximate surface area is 116 Å². The minimum Gasteiger partial charge on any atom is -0.282 e. The maximum atomic E-state index is 11.6. The molecule has 1 heterocycles. The molecule has 0 atom stereocenters. The van der Waals surface area contributed by atoms with Gasteiger partial charge in [-0.05, 0) is 40.5 Å². The van der Waals surface area contributed by atoms with Crippen LogP contribution >= 0.6 is 23.1 Å². The van der Waals surface area contributed by atoms with Crippen molar-refractivity contribution < 1.29 is 4.79 Å². The van der Waals surface area contributed by atoms with Crippen LogP contribution in [0.1, 0.15) is 11.1 Å². The zero-order chi connectivity index (χ0) is 12.6. The topological polar surface area (TPSA) is 17.1 Å². The first kappa shape index (κ1) is 13.1. The van der Waals surface area contributed by atoms with Crippen LogP contribution in [0.2, 0.25) is 0 Å². The molecule has 2 aromatic rings. The molecule has 1 aromatic heterocycles. The monoisotopic (exact) mass is 274 g/mol. The Morgan fingerprint density at radius 2 is 2.06 bits per heavy atom. The van der Waals surface area contributed by atoms with Crippen molar-refractivity contribution in [3.05, 3.63) is 64.4 Å². The van der Waals surface area contributed by atoms with Gasteiger partial charge in [-0.1, -0.05) is 48.2 Å². The lowest BCUT2D eigenvalue weighted by Gasteiger charge is -1.96. The van der Waals surface area contributed by atoms with E-state index in [-0.39, 0.29) is 5.12 Å². The van der Waals surface area contributed by atoms with Gasteiger partial charge in [0, 0.05) is 5.75 Å². The molecule has 1 aromatic carbocycles. The number of carbonyl (C=O) groups is 1. The normalized spacial score (nSPS) is 10.9. The second-order valence-electron chi connectivity index (χ2n) is 3.79. The zero-order valence-electron chi connectivity index (χ0n) is 9.91. The second kappa shape index (κ2) is 7.19. The summed E-state index contributed by atoms with van der Waals surface area (Å²) in [4.78, 5) is 11.6. The minimum absolute atomic E-state index is 0.120. The Morgan fingerprint density at radius 3 is 2.78 bits per heavy atom. The van der Waals surface area contributed by atoms with Gasteiger partial charge in [0.1, 0.15) is 0 Å². The highest BCUT2D eigenvalue weighted by Gasteiger charge is 1.99. The third-order valence-corrected chi connectivity index (χ3v) is 3.99. The zero-order valence-corrected chi connectivity index (χ0v) is 11.5. The molecule has 0 spiro atoms. The molecule has 3 heteroatoms. The van der Waals surface area contributed by atoms with E-state index >= 15 is 0 Å². The molecule has 1 nitrogen and oxygen atoms in total. The highest BCUT2D eigenvalue weighted by atomic mass is 32.2. The van der Waals surface area contributed by atoms with Gasteiger partial charge >= 0.3 is 0 Å². The molecule has 0 radical (unpaired) electrons. The van der Waals surface area contributed by atoms with E-state index in [0.717, 1.165) is 17.7 Å². The number of benzene rings is 1. The molecule has 0 aliphatic heterocycles. The largest absolute Gasteiger partial charge is 0.282 e. The number of hydrogen-bond donors (Lipinski definition) is 0. The Kier molecular flexibility index (Phi) is 5.24. The molecule has 0 unspecified atom stereocenters.